The first-order chi connectivity index (χ1) is 9.33. The van der Waals surface area contributed by atoms with Gasteiger partial charge in [-0.2, -0.15) is 0 Å². The zero-order valence-corrected chi connectivity index (χ0v) is 11.1. The SMILES string of the molecule is COCCOCCNc1ccc2cnccc2c1N. The molecule has 0 aliphatic heterocycles. The maximum atomic E-state index is 6.13. The first-order valence-corrected chi connectivity index (χ1v) is 6.25. The smallest absolute Gasteiger partial charge is 0.0701 e. The van der Waals surface area contributed by atoms with Crippen LogP contribution in [0.4, 0.5) is 11.4 Å². The van der Waals surface area contributed by atoms with Crippen molar-refractivity contribution in [2.75, 3.05) is 44.5 Å². The number of nitrogens with one attached hydrogen (secondary N) is 1. The van der Waals surface area contributed by atoms with E-state index < -0.39 is 0 Å². The van der Waals surface area contributed by atoms with Gasteiger partial charge in [0.05, 0.1) is 31.2 Å². The van der Waals surface area contributed by atoms with Crippen LogP contribution in [0.25, 0.3) is 10.8 Å². The maximum absolute atomic E-state index is 6.13. The summed E-state index contributed by atoms with van der Waals surface area (Å²) in [5.41, 5.74) is 7.80. The molecule has 2 rings (SSSR count). The minimum Gasteiger partial charge on any atom is -0.397 e. The number of methoxy groups -OCH3 is 1. The number of anilines is 2. The van der Waals surface area contributed by atoms with Gasteiger partial charge in [-0.15, -0.1) is 0 Å². The Labute approximate surface area is 112 Å². The lowest BCUT2D eigenvalue weighted by atomic mass is 10.1. The molecule has 19 heavy (non-hydrogen) atoms. The molecule has 0 saturated carbocycles. The van der Waals surface area contributed by atoms with Crippen LogP contribution in [0.1, 0.15) is 0 Å². The fourth-order valence-corrected chi connectivity index (χ4v) is 1.85. The number of nitrogens with zero attached hydrogens (tertiary/aromatic N) is 1. The molecule has 102 valence electrons. The van der Waals surface area contributed by atoms with Crippen LogP contribution in [-0.2, 0) is 9.47 Å². The maximum Gasteiger partial charge on any atom is 0.0701 e. The predicted octanol–water partition coefficient (Wildman–Crippen LogP) is 1.89. The second-order valence-corrected chi connectivity index (χ2v) is 4.16. The summed E-state index contributed by atoms with van der Waals surface area (Å²) >= 11 is 0. The van der Waals surface area contributed by atoms with E-state index in [1.807, 2.05) is 24.4 Å². The van der Waals surface area contributed by atoms with Crippen molar-refractivity contribution in [3.63, 3.8) is 0 Å². The number of pyridine rings is 1. The van der Waals surface area contributed by atoms with Gasteiger partial charge in [0.1, 0.15) is 0 Å². The molecule has 1 aromatic heterocycles. The standard InChI is InChI=1S/C14H19N3O2/c1-18-8-9-19-7-6-17-13-3-2-11-10-16-5-4-12(11)14(13)15/h2-5,10,17H,6-9,15H2,1H3. The first-order valence-electron chi connectivity index (χ1n) is 6.25. The fourth-order valence-electron chi connectivity index (χ4n) is 1.85. The zero-order chi connectivity index (χ0) is 13.5. The normalized spacial score (nSPS) is 10.8. The van der Waals surface area contributed by atoms with Crippen molar-refractivity contribution in [2.45, 2.75) is 0 Å². The monoisotopic (exact) mass is 261 g/mol. The summed E-state index contributed by atoms with van der Waals surface area (Å²) in [5.74, 6) is 0. The molecule has 1 heterocycles. The van der Waals surface area contributed by atoms with Crippen molar-refractivity contribution >= 4 is 22.1 Å². The lowest BCUT2D eigenvalue weighted by molar-refractivity contribution is 0.0759. The van der Waals surface area contributed by atoms with Gasteiger partial charge < -0.3 is 20.5 Å². The van der Waals surface area contributed by atoms with E-state index in [-0.39, 0.29) is 0 Å². The number of fused-ring (bicyclic) bond motifs is 1. The van der Waals surface area contributed by atoms with E-state index in [1.165, 1.54) is 0 Å². The molecule has 0 spiro atoms. The van der Waals surface area contributed by atoms with Crippen molar-refractivity contribution in [3.8, 4) is 0 Å². The molecule has 0 unspecified atom stereocenters. The number of benzene rings is 1. The molecule has 0 atom stereocenters. The Morgan fingerprint density at radius 1 is 1.21 bits per heavy atom. The highest BCUT2D eigenvalue weighted by Gasteiger charge is 2.03. The van der Waals surface area contributed by atoms with Crippen molar-refractivity contribution < 1.29 is 9.47 Å². The molecule has 0 fully saturated rings. The van der Waals surface area contributed by atoms with E-state index in [1.54, 1.807) is 13.3 Å². The zero-order valence-electron chi connectivity index (χ0n) is 11.1. The number of nitrogens with two attached hydrogens (primary N) is 1. The number of hydrogen-bond acceptors (Lipinski definition) is 5. The second kappa shape index (κ2) is 6.92. The minimum absolute atomic E-state index is 0.608. The van der Waals surface area contributed by atoms with Gasteiger partial charge in [-0.25, -0.2) is 0 Å². The van der Waals surface area contributed by atoms with Gasteiger partial charge in [-0.3, -0.25) is 4.98 Å². The molecule has 0 bridgehead atoms. The van der Waals surface area contributed by atoms with Crippen LogP contribution < -0.4 is 11.1 Å². The Morgan fingerprint density at radius 3 is 2.95 bits per heavy atom. The van der Waals surface area contributed by atoms with Crippen LogP contribution >= 0.6 is 0 Å². The minimum atomic E-state index is 0.608. The molecule has 3 N–H and O–H groups in total. The van der Waals surface area contributed by atoms with Crippen molar-refractivity contribution in [1.82, 2.24) is 4.98 Å². The van der Waals surface area contributed by atoms with E-state index in [0.29, 0.717) is 26.4 Å². The highest BCUT2D eigenvalue weighted by molar-refractivity contribution is 5.98. The summed E-state index contributed by atoms with van der Waals surface area (Å²) in [7, 11) is 1.66. The summed E-state index contributed by atoms with van der Waals surface area (Å²) in [5, 5.41) is 5.33. The van der Waals surface area contributed by atoms with Crippen LogP contribution in [0.15, 0.2) is 30.6 Å². The molecular formula is C14H19N3O2. The second-order valence-electron chi connectivity index (χ2n) is 4.16. The van der Waals surface area contributed by atoms with Gasteiger partial charge in [0.2, 0.25) is 0 Å². The van der Waals surface area contributed by atoms with Crippen LogP contribution in [0.3, 0.4) is 0 Å². The molecule has 0 aliphatic rings. The summed E-state index contributed by atoms with van der Waals surface area (Å²) in [6, 6.07) is 5.90. The third kappa shape index (κ3) is 3.56. The van der Waals surface area contributed by atoms with E-state index >= 15 is 0 Å². The summed E-state index contributed by atoms with van der Waals surface area (Å²) in [6.45, 7) is 2.56. The average Bonchev–Trinajstić information content (AvgIpc) is 2.45. The van der Waals surface area contributed by atoms with E-state index in [4.69, 9.17) is 15.2 Å². The lowest BCUT2D eigenvalue weighted by Gasteiger charge is -2.11. The lowest BCUT2D eigenvalue weighted by Crippen LogP contribution is -2.12. The van der Waals surface area contributed by atoms with Gasteiger partial charge in [-0.1, -0.05) is 6.07 Å². The van der Waals surface area contributed by atoms with Gasteiger partial charge in [0, 0.05) is 36.8 Å². The third-order valence-electron chi connectivity index (χ3n) is 2.86. The van der Waals surface area contributed by atoms with Crippen molar-refractivity contribution in [3.05, 3.63) is 30.6 Å². The quantitative estimate of drug-likeness (QED) is 0.588. The van der Waals surface area contributed by atoms with Crippen molar-refractivity contribution in [1.29, 1.82) is 0 Å². The van der Waals surface area contributed by atoms with Crippen LogP contribution in [0, 0.1) is 0 Å². The number of rotatable bonds is 7. The number of nitrogen functional groups attached to an aromatic ring is 1. The topological polar surface area (TPSA) is 69.4 Å². The van der Waals surface area contributed by atoms with Crippen LogP contribution in [-0.4, -0.2) is 38.5 Å². The van der Waals surface area contributed by atoms with E-state index in [2.05, 4.69) is 10.3 Å². The molecule has 0 aliphatic carbocycles. The fraction of sp³-hybridized carbons (Fsp3) is 0.357. The highest BCUT2D eigenvalue weighted by Crippen LogP contribution is 2.27. The van der Waals surface area contributed by atoms with Gasteiger partial charge >= 0.3 is 0 Å². The average molecular weight is 261 g/mol. The highest BCUT2D eigenvalue weighted by atomic mass is 16.5. The van der Waals surface area contributed by atoms with Gasteiger partial charge in [-0.05, 0) is 12.1 Å². The van der Waals surface area contributed by atoms with Gasteiger partial charge in [0.25, 0.3) is 0 Å². The molecule has 2 aromatic rings. The Kier molecular flexibility index (Phi) is 4.94. The molecule has 5 heteroatoms. The van der Waals surface area contributed by atoms with Gasteiger partial charge in [0.15, 0.2) is 0 Å². The largest absolute Gasteiger partial charge is 0.397 e. The molecule has 0 radical (unpaired) electrons. The molecular weight excluding hydrogens is 242 g/mol. The first kappa shape index (κ1) is 13.6. The van der Waals surface area contributed by atoms with E-state index in [0.717, 1.165) is 22.1 Å². The van der Waals surface area contributed by atoms with Crippen LogP contribution in [0.2, 0.25) is 0 Å². The molecule has 5 nitrogen and oxygen atoms in total. The van der Waals surface area contributed by atoms with Crippen LogP contribution in [0.5, 0.6) is 0 Å². The Hall–Kier alpha value is -1.85. The molecule has 1 aromatic carbocycles. The summed E-state index contributed by atoms with van der Waals surface area (Å²) in [6.07, 6.45) is 3.56. The van der Waals surface area contributed by atoms with Crippen molar-refractivity contribution in [2.24, 2.45) is 0 Å². The van der Waals surface area contributed by atoms with E-state index in [9.17, 15) is 0 Å². The number of aromatic nitrogens is 1. The number of ether oxygens (including phenoxy) is 2. The molecule has 0 saturated heterocycles. The number of hydrogen-bond donors (Lipinski definition) is 2. The molecule has 0 amide bonds. The Balaban J connectivity index is 1.92. The Morgan fingerprint density at radius 2 is 2.11 bits per heavy atom. The third-order valence-corrected chi connectivity index (χ3v) is 2.86. The summed E-state index contributed by atoms with van der Waals surface area (Å²) < 4.78 is 10.3. The predicted molar refractivity (Wildman–Crippen MR) is 77.3 cm³/mol. The Bertz CT molecular complexity index is 531. The summed E-state index contributed by atoms with van der Waals surface area (Å²) in [4.78, 5) is 4.08.